The van der Waals surface area contributed by atoms with Crippen molar-refractivity contribution >= 4 is 26.0 Å². The van der Waals surface area contributed by atoms with E-state index >= 15 is 0 Å². The molecule has 0 spiro atoms. The third-order valence-electron chi connectivity index (χ3n) is 5.05. The van der Waals surface area contributed by atoms with Gasteiger partial charge >= 0.3 is 0 Å². The van der Waals surface area contributed by atoms with Crippen LogP contribution in [0, 0.1) is 5.82 Å². The van der Waals surface area contributed by atoms with Crippen LogP contribution in [0.3, 0.4) is 0 Å². The fourth-order valence-corrected chi connectivity index (χ4v) is 5.32. The SMILES string of the molecule is COc1cc(Br)c(F)cc1-n1c2c(ccc1=O)CN(S(=O)(=O)Cc1cccnn1)CC2. The van der Waals surface area contributed by atoms with E-state index in [9.17, 15) is 17.6 Å². The van der Waals surface area contributed by atoms with E-state index in [1.165, 1.54) is 40.4 Å². The molecule has 31 heavy (non-hydrogen) atoms. The summed E-state index contributed by atoms with van der Waals surface area (Å²) in [7, 11) is -2.20. The largest absolute Gasteiger partial charge is 0.495 e. The normalized spacial score (nSPS) is 14.3. The van der Waals surface area contributed by atoms with Crippen LogP contribution >= 0.6 is 15.9 Å². The smallest absolute Gasteiger partial charge is 0.255 e. The van der Waals surface area contributed by atoms with E-state index in [0.717, 1.165) is 0 Å². The number of fused-ring (bicyclic) bond motifs is 1. The van der Waals surface area contributed by atoms with Crippen LogP contribution in [-0.4, -0.2) is 41.1 Å². The molecule has 0 atom stereocenters. The standard InChI is InChI=1S/C20H18BrFN4O4S/c1-30-19-9-15(21)16(22)10-18(19)26-17-6-8-25(11-13(17)4-5-20(26)27)31(28,29)12-14-3-2-7-23-24-14/h2-5,7,9-10H,6,8,11-12H2,1H3. The molecule has 11 heteroatoms. The Morgan fingerprint density at radius 2 is 2.06 bits per heavy atom. The van der Waals surface area contributed by atoms with Crippen molar-refractivity contribution in [2.75, 3.05) is 13.7 Å². The van der Waals surface area contributed by atoms with Crippen molar-refractivity contribution in [1.82, 2.24) is 19.1 Å². The van der Waals surface area contributed by atoms with Crippen molar-refractivity contribution in [2.45, 2.75) is 18.7 Å². The van der Waals surface area contributed by atoms with Gasteiger partial charge in [0.1, 0.15) is 17.3 Å². The predicted molar refractivity (Wildman–Crippen MR) is 115 cm³/mol. The van der Waals surface area contributed by atoms with Gasteiger partial charge in [-0.1, -0.05) is 6.07 Å². The Kier molecular flexibility index (Phi) is 5.91. The lowest BCUT2D eigenvalue weighted by Gasteiger charge is -2.30. The number of hydrogen-bond donors (Lipinski definition) is 0. The van der Waals surface area contributed by atoms with Crippen molar-refractivity contribution < 1.29 is 17.5 Å². The molecule has 1 aromatic carbocycles. The van der Waals surface area contributed by atoms with Crippen LogP contribution in [0.15, 0.2) is 51.9 Å². The quantitative estimate of drug-likeness (QED) is 0.525. The molecule has 0 amide bonds. The van der Waals surface area contributed by atoms with Crippen molar-refractivity contribution in [3.05, 3.63) is 80.2 Å². The minimum absolute atomic E-state index is 0.0968. The Morgan fingerprint density at radius 1 is 1.26 bits per heavy atom. The van der Waals surface area contributed by atoms with Gasteiger partial charge in [-0.3, -0.25) is 9.36 Å². The maximum Gasteiger partial charge on any atom is 0.255 e. The van der Waals surface area contributed by atoms with E-state index in [1.54, 1.807) is 18.2 Å². The van der Waals surface area contributed by atoms with Gasteiger partial charge in [-0.2, -0.15) is 14.5 Å². The van der Waals surface area contributed by atoms with E-state index in [0.29, 0.717) is 22.7 Å². The summed E-state index contributed by atoms with van der Waals surface area (Å²) in [5, 5.41) is 7.57. The molecule has 162 valence electrons. The van der Waals surface area contributed by atoms with E-state index < -0.39 is 15.8 Å². The molecule has 3 aromatic rings. The first kappa shape index (κ1) is 21.6. The van der Waals surface area contributed by atoms with Crippen LogP contribution in [0.2, 0.25) is 0 Å². The molecule has 0 fully saturated rings. The lowest BCUT2D eigenvalue weighted by Crippen LogP contribution is -2.39. The summed E-state index contributed by atoms with van der Waals surface area (Å²) >= 11 is 3.12. The Morgan fingerprint density at radius 3 is 2.77 bits per heavy atom. The van der Waals surface area contributed by atoms with Crippen molar-refractivity contribution in [1.29, 1.82) is 0 Å². The molecule has 0 unspecified atom stereocenters. The van der Waals surface area contributed by atoms with Gasteiger partial charge in [-0.15, -0.1) is 0 Å². The van der Waals surface area contributed by atoms with Crippen LogP contribution in [0.4, 0.5) is 4.39 Å². The fourth-order valence-electron chi connectivity index (χ4n) is 3.58. The summed E-state index contributed by atoms with van der Waals surface area (Å²) in [6, 6.07) is 8.87. The zero-order chi connectivity index (χ0) is 22.2. The molecule has 0 saturated heterocycles. The van der Waals surface area contributed by atoms with E-state index in [2.05, 4.69) is 26.1 Å². The number of sulfonamides is 1. The second-order valence-electron chi connectivity index (χ2n) is 6.97. The molecule has 1 aliphatic rings. The van der Waals surface area contributed by atoms with Gasteiger partial charge in [0.2, 0.25) is 10.0 Å². The van der Waals surface area contributed by atoms with Crippen molar-refractivity contribution in [3.63, 3.8) is 0 Å². The van der Waals surface area contributed by atoms with Crippen molar-refractivity contribution in [3.8, 4) is 11.4 Å². The molecular formula is C20H18BrFN4O4S. The number of pyridine rings is 1. The molecule has 0 saturated carbocycles. The molecule has 2 aromatic heterocycles. The van der Waals surface area contributed by atoms with E-state index in [4.69, 9.17) is 4.74 Å². The Balaban J connectivity index is 1.72. The molecular weight excluding hydrogens is 491 g/mol. The van der Waals surface area contributed by atoms with Crippen LogP contribution in [0.25, 0.3) is 5.69 Å². The van der Waals surface area contributed by atoms with Crippen LogP contribution in [0.1, 0.15) is 17.0 Å². The lowest BCUT2D eigenvalue weighted by atomic mass is 10.1. The predicted octanol–water partition coefficient (Wildman–Crippen LogP) is 2.43. The number of methoxy groups -OCH3 is 1. The van der Waals surface area contributed by atoms with Gasteiger partial charge in [0, 0.05) is 43.5 Å². The number of nitrogens with zero attached hydrogens (tertiary/aromatic N) is 4. The maximum atomic E-state index is 14.3. The van der Waals surface area contributed by atoms with E-state index in [1.807, 2.05) is 0 Å². The number of hydrogen-bond acceptors (Lipinski definition) is 6. The first-order chi connectivity index (χ1) is 14.8. The Labute approximate surface area is 186 Å². The fraction of sp³-hybridized carbons (Fsp3) is 0.250. The van der Waals surface area contributed by atoms with Gasteiger partial charge in [-0.25, -0.2) is 12.8 Å². The maximum absolute atomic E-state index is 14.3. The zero-order valence-electron chi connectivity index (χ0n) is 16.5. The number of benzene rings is 1. The topological polar surface area (TPSA) is 94.4 Å². The molecule has 1 aliphatic heterocycles. The molecule has 4 rings (SSSR count). The highest BCUT2D eigenvalue weighted by atomic mass is 79.9. The van der Waals surface area contributed by atoms with Gasteiger partial charge in [0.25, 0.3) is 5.56 Å². The highest BCUT2D eigenvalue weighted by Crippen LogP contribution is 2.31. The average Bonchev–Trinajstić information content (AvgIpc) is 2.75. The number of rotatable bonds is 5. The third-order valence-corrected chi connectivity index (χ3v) is 7.41. The number of halogens is 2. The second kappa shape index (κ2) is 8.48. The Hall–Kier alpha value is -2.63. The summed E-state index contributed by atoms with van der Waals surface area (Å²) in [4.78, 5) is 12.7. The summed E-state index contributed by atoms with van der Waals surface area (Å²) in [6.45, 7) is 0.278. The van der Waals surface area contributed by atoms with E-state index in [-0.39, 0.29) is 41.0 Å². The van der Waals surface area contributed by atoms with Gasteiger partial charge < -0.3 is 4.74 Å². The van der Waals surface area contributed by atoms with Crippen LogP contribution in [-0.2, 0) is 28.7 Å². The summed E-state index contributed by atoms with van der Waals surface area (Å²) in [5.74, 6) is -0.479. The molecule has 8 nitrogen and oxygen atoms in total. The minimum atomic E-state index is -3.64. The van der Waals surface area contributed by atoms with Crippen LogP contribution in [0.5, 0.6) is 5.75 Å². The second-order valence-corrected chi connectivity index (χ2v) is 9.80. The monoisotopic (exact) mass is 508 g/mol. The van der Waals surface area contributed by atoms with Gasteiger partial charge in [0.05, 0.1) is 23.0 Å². The molecule has 0 radical (unpaired) electrons. The molecule has 0 aliphatic carbocycles. The summed E-state index contributed by atoms with van der Waals surface area (Å²) in [5.41, 5.74) is 1.56. The molecule has 3 heterocycles. The third kappa shape index (κ3) is 4.25. The first-order valence-electron chi connectivity index (χ1n) is 9.32. The van der Waals surface area contributed by atoms with Gasteiger partial charge in [-0.05, 0) is 39.7 Å². The number of ether oxygens (including phenoxy) is 1. The minimum Gasteiger partial charge on any atom is -0.495 e. The summed E-state index contributed by atoms with van der Waals surface area (Å²) < 4.78 is 48.3. The first-order valence-corrected chi connectivity index (χ1v) is 11.7. The van der Waals surface area contributed by atoms with Gasteiger partial charge in [0.15, 0.2) is 0 Å². The average molecular weight is 509 g/mol. The highest BCUT2D eigenvalue weighted by molar-refractivity contribution is 9.10. The zero-order valence-corrected chi connectivity index (χ0v) is 18.9. The molecule has 0 N–H and O–H groups in total. The highest BCUT2D eigenvalue weighted by Gasteiger charge is 2.30. The van der Waals surface area contributed by atoms with Crippen LogP contribution < -0.4 is 10.3 Å². The lowest BCUT2D eigenvalue weighted by molar-refractivity contribution is 0.381. The summed E-state index contributed by atoms with van der Waals surface area (Å²) in [6.07, 6.45) is 1.76. The Bertz CT molecular complexity index is 1300. The molecule has 0 bridgehead atoms. The van der Waals surface area contributed by atoms with Crippen molar-refractivity contribution in [2.24, 2.45) is 0 Å². The number of aromatic nitrogens is 3.